The summed E-state index contributed by atoms with van der Waals surface area (Å²) in [6.07, 6.45) is 2.25. The summed E-state index contributed by atoms with van der Waals surface area (Å²) in [7, 11) is 0. The van der Waals surface area contributed by atoms with E-state index in [9.17, 15) is 9.59 Å². The van der Waals surface area contributed by atoms with E-state index in [1.165, 1.54) is 0 Å². The summed E-state index contributed by atoms with van der Waals surface area (Å²) in [6, 6.07) is 7.21. The number of rotatable bonds is 1. The van der Waals surface area contributed by atoms with Gasteiger partial charge in [0.25, 0.3) is 0 Å². The molecule has 2 atom stereocenters. The minimum atomic E-state index is -0.0901. The second-order valence-electron chi connectivity index (χ2n) is 5.64. The molecule has 0 radical (unpaired) electrons. The molecule has 0 aromatic heterocycles. The molecule has 3 rings (SSSR count). The molecule has 5 nitrogen and oxygen atoms in total. The van der Waals surface area contributed by atoms with E-state index in [4.69, 9.17) is 11.6 Å². The van der Waals surface area contributed by atoms with E-state index in [1.54, 1.807) is 24.3 Å². The number of carbonyl (C=O) groups excluding carboxylic acids is 2. The topological polar surface area (TPSA) is 61.4 Å². The molecule has 0 aliphatic carbocycles. The van der Waals surface area contributed by atoms with Gasteiger partial charge in [0.2, 0.25) is 5.91 Å². The lowest BCUT2D eigenvalue weighted by molar-refractivity contribution is -0.125. The van der Waals surface area contributed by atoms with Gasteiger partial charge in [0.15, 0.2) is 0 Å². The lowest BCUT2D eigenvalue weighted by Gasteiger charge is -2.41. The molecular weight excluding hydrogens is 290 g/mol. The van der Waals surface area contributed by atoms with Crippen molar-refractivity contribution in [2.75, 3.05) is 18.4 Å². The first kappa shape index (κ1) is 14.2. The first-order valence-corrected chi connectivity index (χ1v) is 7.60. The highest BCUT2D eigenvalue weighted by Crippen LogP contribution is 2.25. The number of fused-ring (bicyclic) bond motifs is 1. The minimum Gasteiger partial charge on any atom is -0.353 e. The van der Waals surface area contributed by atoms with Gasteiger partial charge in [-0.2, -0.15) is 0 Å². The number of piperidine rings is 2. The first-order valence-electron chi connectivity index (χ1n) is 7.22. The molecule has 0 bridgehead atoms. The standard InChI is InChI=1S/C15H18ClN3O2/c16-11-2-4-12(5-3-11)17-15(21)19-8-7-13-10(9-19)1-6-14(20)18-13/h2-5,10,13H,1,6-9H2,(H,17,21)(H,18,20). The number of hydrogen-bond acceptors (Lipinski definition) is 2. The van der Waals surface area contributed by atoms with Crippen LogP contribution in [-0.2, 0) is 4.79 Å². The van der Waals surface area contributed by atoms with Gasteiger partial charge in [0.1, 0.15) is 0 Å². The normalized spacial score (nSPS) is 25.0. The fourth-order valence-corrected chi connectivity index (χ4v) is 3.16. The maximum Gasteiger partial charge on any atom is 0.321 e. The SMILES string of the molecule is O=C1CCC2CN(C(=O)Nc3ccc(Cl)cc3)CCC2N1. The monoisotopic (exact) mass is 307 g/mol. The predicted octanol–water partition coefficient (Wildman–Crippen LogP) is 2.47. The van der Waals surface area contributed by atoms with Gasteiger partial charge in [-0.25, -0.2) is 4.79 Å². The van der Waals surface area contributed by atoms with Crippen molar-refractivity contribution in [1.29, 1.82) is 0 Å². The van der Waals surface area contributed by atoms with Gasteiger partial charge < -0.3 is 15.5 Å². The van der Waals surface area contributed by atoms with E-state index in [0.717, 1.165) is 18.5 Å². The number of anilines is 1. The molecular formula is C15H18ClN3O2. The third kappa shape index (κ3) is 3.29. The van der Waals surface area contributed by atoms with Crippen LogP contribution in [0.3, 0.4) is 0 Å². The van der Waals surface area contributed by atoms with Crippen LogP contribution in [0.5, 0.6) is 0 Å². The summed E-state index contributed by atoms with van der Waals surface area (Å²) in [4.78, 5) is 25.5. The van der Waals surface area contributed by atoms with Crippen molar-refractivity contribution >= 4 is 29.2 Å². The summed E-state index contributed by atoms with van der Waals surface area (Å²) >= 11 is 5.83. The number of amides is 3. The second-order valence-corrected chi connectivity index (χ2v) is 6.08. The molecule has 3 amide bonds. The minimum absolute atomic E-state index is 0.0901. The van der Waals surface area contributed by atoms with Crippen molar-refractivity contribution in [1.82, 2.24) is 10.2 Å². The van der Waals surface area contributed by atoms with E-state index in [-0.39, 0.29) is 18.0 Å². The van der Waals surface area contributed by atoms with Crippen LogP contribution in [0.25, 0.3) is 0 Å². The average Bonchev–Trinajstić information content (AvgIpc) is 2.49. The third-order valence-electron chi connectivity index (χ3n) is 4.21. The van der Waals surface area contributed by atoms with E-state index in [1.807, 2.05) is 4.90 Å². The van der Waals surface area contributed by atoms with Crippen LogP contribution in [0.15, 0.2) is 24.3 Å². The number of nitrogens with zero attached hydrogens (tertiary/aromatic N) is 1. The Kier molecular flexibility index (Phi) is 4.01. The molecule has 2 saturated heterocycles. The molecule has 112 valence electrons. The highest BCUT2D eigenvalue weighted by atomic mass is 35.5. The molecule has 2 N–H and O–H groups in total. The highest BCUT2D eigenvalue weighted by Gasteiger charge is 2.35. The van der Waals surface area contributed by atoms with Gasteiger partial charge >= 0.3 is 6.03 Å². The van der Waals surface area contributed by atoms with Crippen LogP contribution in [0.1, 0.15) is 19.3 Å². The van der Waals surface area contributed by atoms with E-state index in [0.29, 0.717) is 30.5 Å². The van der Waals surface area contributed by atoms with Gasteiger partial charge in [-0.15, -0.1) is 0 Å². The smallest absolute Gasteiger partial charge is 0.321 e. The average molecular weight is 308 g/mol. The Balaban J connectivity index is 1.58. The number of halogens is 1. The zero-order valence-corrected chi connectivity index (χ0v) is 12.4. The summed E-state index contributed by atoms with van der Waals surface area (Å²) < 4.78 is 0. The molecule has 2 unspecified atom stereocenters. The van der Waals surface area contributed by atoms with Crippen LogP contribution >= 0.6 is 11.6 Å². The summed E-state index contributed by atoms with van der Waals surface area (Å²) in [6.45, 7) is 1.37. The van der Waals surface area contributed by atoms with Crippen LogP contribution in [-0.4, -0.2) is 36.0 Å². The second kappa shape index (κ2) is 5.93. The van der Waals surface area contributed by atoms with Crippen LogP contribution in [0, 0.1) is 5.92 Å². The molecule has 1 aromatic carbocycles. The Bertz CT molecular complexity index is 546. The highest BCUT2D eigenvalue weighted by molar-refractivity contribution is 6.30. The fraction of sp³-hybridized carbons (Fsp3) is 0.467. The van der Waals surface area contributed by atoms with Gasteiger partial charge in [0.05, 0.1) is 0 Å². The van der Waals surface area contributed by atoms with E-state index >= 15 is 0 Å². The molecule has 0 saturated carbocycles. The molecule has 6 heteroatoms. The Morgan fingerprint density at radius 2 is 2.05 bits per heavy atom. The molecule has 1 aromatic rings. The largest absolute Gasteiger partial charge is 0.353 e. The number of urea groups is 1. The van der Waals surface area contributed by atoms with Crippen molar-refractivity contribution < 1.29 is 9.59 Å². The molecule has 2 aliphatic heterocycles. The quantitative estimate of drug-likeness (QED) is 0.837. The summed E-state index contributed by atoms with van der Waals surface area (Å²) in [5.41, 5.74) is 0.739. The zero-order valence-electron chi connectivity index (χ0n) is 11.6. The lowest BCUT2D eigenvalue weighted by atomic mass is 9.85. The van der Waals surface area contributed by atoms with Crippen molar-refractivity contribution in [3.63, 3.8) is 0 Å². The molecule has 2 aliphatic rings. The number of likely N-dealkylation sites (tertiary alicyclic amines) is 1. The van der Waals surface area contributed by atoms with E-state index in [2.05, 4.69) is 10.6 Å². The number of nitrogens with one attached hydrogen (secondary N) is 2. The first-order chi connectivity index (χ1) is 10.1. The Morgan fingerprint density at radius 3 is 2.81 bits per heavy atom. The van der Waals surface area contributed by atoms with Gasteiger partial charge in [-0.05, 0) is 43.0 Å². The maximum atomic E-state index is 12.3. The van der Waals surface area contributed by atoms with E-state index < -0.39 is 0 Å². The van der Waals surface area contributed by atoms with Crippen molar-refractivity contribution in [3.05, 3.63) is 29.3 Å². The Hall–Kier alpha value is -1.75. The zero-order chi connectivity index (χ0) is 14.8. The maximum absolute atomic E-state index is 12.3. The van der Waals surface area contributed by atoms with Crippen LogP contribution < -0.4 is 10.6 Å². The lowest BCUT2D eigenvalue weighted by Crippen LogP contribution is -2.55. The van der Waals surface area contributed by atoms with Crippen LogP contribution in [0.2, 0.25) is 5.02 Å². The Morgan fingerprint density at radius 1 is 1.29 bits per heavy atom. The fourth-order valence-electron chi connectivity index (χ4n) is 3.03. The molecule has 0 spiro atoms. The molecule has 2 heterocycles. The number of hydrogen-bond donors (Lipinski definition) is 2. The molecule has 21 heavy (non-hydrogen) atoms. The van der Waals surface area contributed by atoms with Crippen molar-refractivity contribution in [2.24, 2.45) is 5.92 Å². The Labute approximate surface area is 128 Å². The summed E-state index contributed by atoms with van der Waals surface area (Å²) in [5.74, 6) is 0.503. The third-order valence-corrected chi connectivity index (χ3v) is 4.46. The number of benzene rings is 1. The van der Waals surface area contributed by atoms with Crippen molar-refractivity contribution in [2.45, 2.75) is 25.3 Å². The van der Waals surface area contributed by atoms with Gasteiger partial charge in [-0.3, -0.25) is 4.79 Å². The van der Waals surface area contributed by atoms with Gasteiger partial charge in [0, 0.05) is 36.3 Å². The predicted molar refractivity (Wildman–Crippen MR) is 81.3 cm³/mol. The number of carbonyl (C=O) groups is 2. The van der Waals surface area contributed by atoms with Gasteiger partial charge in [-0.1, -0.05) is 11.6 Å². The van der Waals surface area contributed by atoms with Crippen LogP contribution in [0.4, 0.5) is 10.5 Å². The van der Waals surface area contributed by atoms with Crippen molar-refractivity contribution in [3.8, 4) is 0 Å². The summed E-state index contributed by atoms with van der Waals surface area (Å²) in [5, 5.41) is 6.55. The molecule has 2 fully saturated rings.